The minimum absolute atomic E-state index is 0.0350. The molecular formula is C18H15BrN2OS. The zero-order valence-electron chi connectivity index (χ0n) is 12.6. The van der Waals surface area contributed by atoms with Gasteiger partial charge in [-0.2, -0.15) is 0 Å². The number of para-hydroxylation sites is 1. The van der Waals surface area contributed by atoms with Crippen LogP contribution in [0.5, 0.6) is 0 Å². The smallest absolute Gasteiger partial charge is 0.246 e. The van der Waals surface area contributed by atoms with E-state index in [0.717, 1.165) is 25.3 Å². The molecule has 3 aromatic rings. The molecule has 1 amide bonds. The molecule has 0 N–H and O–H groups in total. The summed E-state index contributed by atoms with van der Waals surface area (Å²) in [7, 11) is 1.79. The van der Waals surface area contributed by atoms with Gasteiger partial charge < -0.3 is 4.90 Å². The molecule has 3 rings (SSSR count). The van der Waals surface area contributed by atoms with Gasteiger partial charge in [-0.3, -0.25) is 4.79 Å². The Morgan fingerprint density at radius 3 is 2.70 bits per heavy atom. The molecule has 0 atom stereocenters. The Bertz CT molecular complexity index is 822. The number of likely N-dealkylation sites (N-methyl/N-ethyl adjacent to an activating group) is 1. The summed E-state index contributed by atoms with van der Waals surface area (Å²) >= 11 is 5.02. The highest BCUT2D eigenvalue weighted by Crippen LogP contribution is 2.22. The number of halogens is 1. The standard InChI is InChI=1S/C18H15BrN2OS/c1-21(12-17-20-15-4-2-3-5-16(15)23-17)18(22)11-8-13-6-9-14(19)10-7-13/h2-11H,12H2,1H3/b11-8+. The van der Waals surface area contributed by atoms with Crippen LogP contribution in [-0.4, -0.2) is 22.8 Å². The zero-order valence-corrected chi connectivity index (χ0v) is 15.0. The number of nitrogens with zero attached hydrogens (tertiary/aromatic N) is 2. The molecule has 3 nitrogen and oxygen atoms in total. The van der Waals surface area contributed by atoms with Gasteiger partial charge in [-0.05, 0) is 35.9 Å². The molecule has 0 saturated carbocycles. The third kappa shape index (κ3) is 4.06. The van der Waals surface area contributed by atoms with Crippen molar-refractivity contribution in [3.05, 3.63) is 69.7 Å². The van der Waals surface area contributed by atoms with Crippen molar-refractivity contribution in [2.75, 3.05) is 7.05 Å². The lowest BCUT2D eigenvalue weighted by Crippen LogP contribution is -2.23. The first-order valence-electron chi connectivity index (χ1n) is 7.15. The fourth-order valence-corrected chi connectivity index (χ4v) is 3.42. The Morgan fingerprint density at radius 1 is 1.22 bits per heavy atom. The van der Waals surface area contributed by atoms with E-state index in [-0.39, 0.29) is 5.91 Å². The molecule has 0 fully saturated rings. The number of carbonyl (C=O) groups is 1. The third-order valence-corrected chi connectivity index (χ3v) is 4.93. The summed E-state index contributed by atoms with van der Waals surface area (Å²) in [6.07, 6.45) is 3.42. The first-order valence-corrected chi connectivity index (χ1v) is 8.76. The summed E-state index contributed by atoms with van der Waals surface area (Å²) in [6.45, 7) is 0.517. The maximum absolute atomic E-state index is 12.2. The molecule has 1 heterocycles. The van der Waals surface area contributed by atoms with Gasteiger partial charge in [0.1, 0.15) is 5.01 Å². The summed E-state index contributed by atoms with van der Waals surface area (Å²) in [5.41, 5.74) is 1.98. The maximum Gasteiger partial charge on any atom is 0.246 e. The van der Waals surface area contributed by atoms with E-state index in [1.165, 1.54) is 0 Å². The molecule has 0 aliphatic heterocycles. The zero-order chi connectivity index (χ0) is 16.2. The average Bonchev–Trinajstić information content (AvgIpc) is 2.96. The maximum atomic E-state index is 12.2. The van der Waals surface area contributed by atoms with Crippen LogP contribution in [0, 0.1) is 0 Å². The number of thiazole rings is 1. The first kappa shape index (κ1) is 15.9. The van der Waals surface area contributed by atoms with Crippen LogP contribution in [0.3, 0.4) is 0 Å². The van der Waals surface area contributed by atoms with E-state index in [4.69, 9.17) is 0 Å². The van der Waals surface area contributed by atoms with Gasteiger partial charge >= 0.3 is 0 Å². The van der Waals surface area contributed by atoms with E-state index in [0.29, 0.717) is 6.54 Å². The largest absolute Gasteiger partial charge is 0.335 e. The molecule has 0 saturated heterocycles. The second-order valence-corrected chi connectivity index (χ2v) is 7.19. The second kappa shape index (κ2) is 7.06. The highest BCUT2D eigenvalue weighted by atomic mass is 79.9. The summed E-state index contributed by atoms with van der Waals surface area (Å²) in [6, 6.07) is 15.8. The molecular weight excluding hydrogens is 372 g/mol. The highest BCUT2D eigenvalue weighted by molar-refractivity contribution is 9.10. The number of rotatable bonds is 4. The van der Waals surface area contributed by atoms with Crippen molar-refractivity contribution in [1.29, 1.82) is 0 Å². The number of amides is 1. The Kier molecular flexibility index (Phi) is 4.88. The number of hydrogen-bond donors (Lipinski definition) is 0. The van der Waals surface area contributed by atoms with Gasteiger partial charge in [-0.15, -0.1) is 11.3 Å². The van der Waals surface area contributed by atoms with Gasteiger partial charge in [-0.1, -0.05) is 40.2 Å². The van der Waals surface area contributed by atoms with Crippen LogP contribution < -0.4 is 0 Å². The Labute approximate surface area is 147 Å². The second-order valence-electron chi connectivity index (χ2n) is 5.15. The van der Waals surface area contributed by atoms with Crippen LogP contribution in [0.15, 0.2) is 59.1 Å². The quantitative estimate of drug-likeness (QED) is 0.607. The average molecular weight is 387 g/mol. The van der Waals surface area contributed by atoms with Crippen LogP contribution in [0.2, 0.25) is 0 Å². The van der Waals surface area contributed by atoms with Gasteiger partial charge in [0.15, 0.2) is 0 Å². The van der Waals surface area contributed by atoms with E-state index in [9.17, 15) is 4.79 Å². The van der Waals surface area contributed by atoms with Crippen LogP contribution >= 0.6 is 27.3 Å². The number of aromatic nitrogens is 1. The topological polar surface area (TPSA) is 33.2 Å². The third-order valence-electron chi connectivity index (χ3n) is 3.38. The van der Waals surface area contributed by atoms with Crippen molar-refractivity contribution in [3.8, 4) is 0 Å². The Balaban J connectivity index is 1.66. The molecule has 0 radical (unpaired) electrons. The normalized spacial score (nSPS) is 11.2. The van der Waals surface area contributed by atoms with Crippen molar-refractivity contribution < 1.29 is 4.79 Å². The van der Waals surface area contributed by atoms with Gasteiger partial charge in [-0.25, -0.2) is 4.98 Å². The van der Waals surface area contributed by atoms with Crippen molar-refractivity contribution in [2.45, 2.75) is 6.54 Å². The van der Waals surface area contributed by atoms with Crippen LogP contribution in [0.1, 0.15) is 10.6 Å². The van der Waals surface area contributed by atoms with E-state index in [2.05, 4.69) is 20.9 Å². The molecule has 2 aromatic carbocycles. The number of fused-ring (bicyclic) bond motifs is 1. The van der Waals surface area contributed by atoms with Crippen LogP contribution in [0.25, 0.3) is 16.3 Å². The van der Waals surface area contributed by atoms with Crippen LogP contribution in [-0.2, 0) is 11.3 Å². The predicted molar refractivity (Wildman–Crippen MR) is 99.3 cm³/mol. The molecule has 0 bridgehead atoms. The van der Waals surface area contributed by atoms with Gasteiger partial charge in [0, 0.05) is 17.6 Å². The summed E-state index contributed by atoms with van der Waals surface area (Å²) in [5, 5.41) is 0.944. The van der Waals surface area contributed by atoms with Gasteiger partial charge in [0.05, 0.1) is 16.8 Å². The van der Waals surface area contributed by atoms with Crippen molar-refractivity contribution in [1.82, 2.24) is 9.88 Å². The minimum atomic E-state index is -0.0350. The van der Waals surface area contributed by atoms with Crippen molar-refractivity contribution in [3.63, 3.8) is 0 Å². The monoisotopic (exact) mass is 386 g/mol. The SMILES string of the molecule is CN(Cc1nc2ccccc2s1)C(=O)/C=C/c1ccc(Br)cc1. The van der Waals surface area contributed by atoms with Gasteiger partial charge in [0.2, 0.25) is 5.91 Å². The molecule has 0 aliphatic rings. The fraction of sp³-hybridized carbons (Fsp3) is 0.111. The van der Waals surface area contributed by atoms with E-state index in [1.807, 2.05) is 54.6 Å². The molecule has 0 unspecified atom stereocenters. The number of benzene rings is 2. The Hall–Kier alpha value is -1.98. The van der Waals surface area contributed by atoms with Crippen molar-refractivity contribution in [2.24, 2.45) is 0 Å². The summed E-state index contributed by atoms with van der Waals surface area (Å²) < 4.78 is 2.17. The summed E-state index contributed by atoms with van der Waals surface area (Å²) in [5.74, 6) is -0.0350. The molecule has 116 valence electrons. The van der Waals surface area contributed by atoms with E-state index in [1.54, 1.807) is 29.4 Å². The molecule has 1 aromatic heterocycles. The predicted octanol–water partition coefficient (Wildman–Crippen LogP) is 4.73. The van der Waals surface area contributed by atoms with Crippen molar-refractivity contribution >= 4 is 49.5 Å². The van der Waals surface area contributed by atoms with Gasteiger partial charge in [0.25, 0.3) is 0 Å². The lowest BCUT2D eigenvalue weighted by molar-refractivity contribution is -0.125. The summed E-state index contributed by atoms with van der Waals surface area (Å²) in [4.78, 5) is 18.4. The molecule has 5 heteroatoms. The van der Waals surface area contributed by atoms with E-state index < -0.39 is 0 Å². The Morgan fingerprint density at radius 2 is 1.96 bits per heavy atom. The van der Waals surface area contributed by atoms with Crippen LogP contribution in [0.4, 0.5) is 0 Å². The minimum Gasteiger partial charge on any atom is -0.335 e. The molecule has 23 heavy (non-hydrogen) atoms. The lowest BCUT2D eigenvalue weighted by atomic mass is 10.2. The van der Waals surface area contributed by atoms with E-state index >= 15 is 0 Å². The highest BCUT2D eigenvalue weighted by Gasteiger charge is 2.09. The fourth-order valence-electron chi connectivity index (χ4n) is 2.14. The lowest BCUT2D eigenvalue weighted by Gasteiger charge is -2.12. The number of hydrogen-bond acceptors (Lipinski definition) is 3. The molecule has 0 spiro atoms. The number of carbonyl (C=O) groups excluding carboxylic acids is 1. The molecule has 0 aliphatic carbocycles. The first-order chi connectivity index (χ1) is 11.1.